The Hall–Kier alpha value is -2.10. The summed E-state index contributed by atoms with van der Waals surface area (Å²) >= 11 is 0. The number of benzene rings is 1. The van der Waals surface area contributed by atoms with Gasteiger partial charge >= 0.3 is 0 Å². The first-order valence-corrected chi connectivity index (χ1v) is 11.0. The van der Waals surface area contributed by atoms with E-state index in [1.165, 1.54) is 0 Å². The average molecular weight is 292 g/mol. The van der Waals surface area contributed by atoms with Crippen molar-refractivity contribution in [2.24, 2.45) is 0 Å². The summed E-state index contributed by atoms with van der Waals surface area (Å²) in [4.78, 5) is 0. The summed E-state index contributed by atoms with van der Waals surface area (Å²) in [5.41, 5.74) is 3.38. The van der Waals surface area contributed by atoms with Crippen molar-refractivity contribution in [3.63, 3.8) is 0 Å². The van der Waals surface area contributed by atoms with Gasteiger partial charge in [0.25, 0.3) is 0 Å². The molecule has 0 aromatic heterocycles. The van der Waals surface area contributed by atoms with Crippen LogP contribution >= 0.6 is 0 Å². The highest BCUT2D eigenvalue weighted by molar-refractivity contribution is 6.76. The number of fused-ring (bicyclic) bond motifs is 1. The van der Waals surface area contributed by atoms with E-state index in [-0.39, 0.29) is 0 Å². The van der Waals surface area contributed by atoms with Gasteiger partial charge in [-0.05, 0) is 35.6 Å². The maximum atomic E-state index is 9.47. The van der Waals surface area contributed by atoms with Crippen LogP contribution in [0.25, 0.3) is 6.08 Å². The first kappa shape index (κ1) is 15.3. The number of hydrogen-bond acceptors (Lipinski definition) is 2. The summed E-state index contributed by atoms with van der Waals surface area (Å²) in [6.07, 6.45) is 9.09. The van der Waals surface area contributed by atoms with Gasteiger partial charge in [-0.2, -0.15) is 10.5 Å². The van der Waals surface area contributed by atoms with Crippen LogP contribution in [0.5, 0.6) is 0 Å². The quantitative estimate of drug-likeness (QED) is 0.733. The summed E-state index contributed by atoms with van der Waals surface area (Å²) in [7, 11) is -1.27. The molecule has 0 N–H and O–H groups in total. The molecule has 106 valence electrons. The molecule has 2 nitrogen and oxygen atoms in total. The van der Waals surface area contributed by atoms with E-state index in [1.54, 1.807) is 12.1 Å². The smallest absolute Gasteiger partial charge is 0.0998 e. The molecule has 0 aliphatic heterocycles. The maximum absolute atomic E-state index is 9.47. The molecule has 1 aliphatic rings. The number of allylic oxidation sites excluding steroid dienone is 3. The molecule has 0 saturated carbocycles. The first-order valence-electron chi connectivity index (χ1n) is 7.26. The van der Waals surface area contributed by atoms with Gasteiger partial charge in [-0.25, -0.2) is 0 Å². The molecule has 0 radical (unpaired) electrons. The van der Waals surface area contributed by atoms with Gasteiger partial charge in [0.2, 0.25) is 0 Å². The lowest BCUT2D eigenvalue weighted by Gasteiger charge is -2.27. The molecule has 1 unspecified atom stereocenters. The molecule has 3 heteroatoms. The van der Waals surface area contributed by atoms with Crippen molar-refractivity contribution in [1.29, 1.82) is 10.5 Å². The summed E-state index contributed by atoms with van der Waals surface area (Å²) < 4.78 is 0. The Kier molecular flexibility index (Phi) is 4.45. The Labute approximate surface area is 128 Å². The van der Waals surface area contributed by atoms with E-state index in [2.05, 4.69) is 37.9 Å². The molecule has 0 heterocycles. The molecule has 1 atom stereocenters. The molecule has 0 bridgehead atoms. The lowest BCUT2D eigenvalue weighted by molar-refractivity contribution is 0.759. The van der Waals surface area contributed by atoms with Crippen LogP contribution in [0.3, 0.4) is 0 Å². The topological polar surface area (TPSA) is 47.6 Å². The molecular weight excluding hydrogens is 272 g/mol. The third kappa shape index (κ3) is 3.51. The van der Waals surface area contributed by atoms with Gasteiger partial charge in [0, 0.05) is 8.07 Å². The van der Waals surface area contributed by atoms with E-state index in [0.717, 1.165) is 23.6 Å². The number of hydrogen-bond donors (Lipinski definition) is 0. The summed E-state index contributed by atoms with van der Waals surface area (Å²) in [6, 6.07) is 9.27. The molecule has 1 aromatic rings. The first-order chi connectivity index (χ1) is 9.96. The highest BCUT2D eigenvalue weighted by Gasteiger charge is 2.26. The van der Waals surface area contributed by atoms with E-state index in [1.807, 2.05) is 18.2 Å². The van der Waals surface area contributed by atoms with Crippen LogP contribution in [-0.2, 0) is 0 Å². The van der Waals surface area contributed by atoms with Gasteiger partial charge in [-0.15, -0.1) is 0 Å². The third-order valence-electron chi connectivity index (χ3n) is 3.73. The van der Waals surface area contributed by atoms with Crippen molar-refractivity contribution < 1.29 is 0 Å². The molecule has 0 amide bonds. The van der Waals surface area contributed by atoms with Crippen LogP contribution in [0.4, 0.5) is 0 Å². The number of nitriles is 2. The minimum atomic E-state index is -1.27. The van der Waals surface area contributed by atoms with E-state index < -0.39 is 8.07 Å². The largest absolute Gasteiger partial charge is 0.192 e. The number of rotatable bonds is 2. The van der Waals surface area contributed by atoms with Gasteiger partial charge < -0.3 is 0 Å². The standard InChI is InChI=1S/C18H20N2Si/c1-21(2,3)13-16-7-5-4-6-8-17-14(11-19)9-10-15(12-20)18(16)17/h4-6,8-10,16H,7,13H2,1-3H3/b5-4-,8-6-. The van der Waals surface area contributed by atoms with Crippen LogP contribution < -0.4 is 0 Å². The van der Waals surface area contributed by atoms with Gasteiger partial charge in [0.15, 0.2) is 0 Å². The highest BCUT2D eigenvalue weighted by atomic mass is 28.3. The van der Waals surface area contributed by atoms with Crippen molar-refractivity contribution in [3.05, 3.63) is 52.6 Å². The molecule has 21 heavy (non-hydrogen) atoms. The maximum Gasteiger partial charge on any atom is 0.0998 e. The van der Waals surface area contributed by atoms with Crippen LogP contribution in [0.15, 0.2) is 30.4 Å². The second kappa shape index (κ2) is 6.12. The van der Waals surface area contributed by atoms with E-state index in [4.69, 9.17) is 0 Å². The normalized spacial score (nSPS) is 20.3. The SMILES string of the molecule is C[Si](C)(C)CC1C/C=C\C=C/c2c(C#N)ccc(C#N)c21. The predicted molar refractivity (Wildman–Crippen MR) is 89.6 cm³/mol. The molecule has 0 spiro atoms. The lowest BCUT2D eigenvalue weighted by atomic mass is 9.85. The van der Waals surface area contributed by atoms with Gasteiger partial charge in [-0.3, -0.25) is 0 Å². The van der Waals surface area contributed by atoms with Crippen molar-refractivity contribution in [3.8, 4) is 12.1 Å². The Morgan fingerprint density at radius 1 is 1.10 bits per heavy atom. The van der Waals surface area contributed by atoms with Crippen molar-refractivity contribution >= 4 is 14.1 Å². The molecule has 2 rings (SSSR count). The van der Waals surface area contributed by atoms with E-state index in [9.17, 15) is 10.5 Å². The van der Waals surface area contributed by atoms with Crippen molar-refractivity contribution in [2.45, 2.75) is 38.0 Å². The molecule has 0 saturated heterocycles. The zero-order valence-corrected chi connectivity index (χ0v) is 13.9. The van der Waals surface area contributed by atoms with E-state index >= 15 is 0 Å². The van der Waals surface area contributed by atoms with Crippen molar-refractivity contribution in [2.75, 3.05) is 0 Å². The fraction of sp³-hybridized carbons (Fsp3) is 0.333. The second-order valence-electron chi connectivity index (χ2n) is 6.70. The Morgan fingerprint density at radius 3 is 2.38 bits per heavy atom. The average Bonchev–Trinajstić information content (AvgIpc) is 2.41. The Morgan fingerprint density at radius 2 is 1.76 bits per heavy atom. The lowest BCUT2D eigenvalue weighted by Crippen LogP contribution is -2.24. The van der Waals surface area contributed by atoms with Gasteiger partial charge in [0.1, 0.15) is 0 Å². The van der Waals surface area contributed by atoms with Crippen LogP contribution in [0, 0.1) is 22.7 Å². The van der Waals surface area contributed by atoms with Gasteiger partial charge in [-0.1, -0.05) is 50.0 Å². The summed E-state index contributed by atoms with van der Waals surface area (Å²) in [5.74, 6) is 0.329. The third-order valence-corrected chi connectivity index (χ3v) is 5.44. The minimum Gasteiger partial charge on any atom is -0.192 e. The fourth-order valence-corrected chi connectivity index (χ4v) is 4.82. The predicted octanol–water partition coefficient (Wildman–Crippen LogP) is 4.82. The molecular formula is C18H20N2Si. The fourth-order valence-electron chi connectivity index (χ4n) is 2.97. The second-order valence-corrected chi connectivity index (χ2v) is 12.2. The molecule has 1 aliphatic carbocycles. The Balaban J connectivity index is 2.67. The van der Waals surface area contributed by atoms with E-state index in [0.29, 0.717) is 17.0 Å². The molecule has 1 aromatic carbocycles. The highest BCUT2D eigenvalue weighted by Crippen LogP contribution is 2.37. The number of nitrogens with zero attached hydrogens (tertiary/aromatic N) is 2. The van der Waals surface area contributed by atoms with Crippen LogP contribution in [0.1, 0.15) is 34.6 Å². The molecule has 0 fully saturated rings. The van der Waals surface area contributed by atoms with Crippen LogP contribution in [-0.4, -0.2) is 8.07 Å². The van der Waals surface area contributed by atoms with Crippen molar-refractivity contribution in [1.82, 2.24) is 0 Å². The van der Waals surface area contributed by atoms with Gasteiger partial charge in [0.05, 0.1) is 23.3 Å². The minimum absolute atomic E-state index is 0.329. The van der Waals surface area contributed by atoms with Crippen LogP contribution in [0.2, 0.25) is 25.7 Å². The zero-order valence-electron chi connectivity index (χ0n) is 12.9. The monoisotopic (exact) mass is 292 g/mol. The summed E-state index contributed by atoms with van der Waals surface area (Å²) in [5, 5.41) is 18.8. The Bertz CT molecular complexity index is 679. The zero-order chi connectivity index (χ0) is 15.5. The summed E-state index contributed by atoms with van der Waals surface area (Å²) in [6.45, 7) is 7.06.